The summed E-state index contributed by atoms with van der Waals surface area (Å²) < 4.78 is 5.13. The van der Waals surface area contributed by atoms with Gasteiger partial charge in [-0.3, -0.25) is 4.79 Å². The molecule has 0 N–H and O–H groups in total. The molecule has 1 aromatic carbocycles. The normalized spacial score (nSPS) is 11.6. The van der Waals surface area contributed by atoms with E-state index in [2.05, 4.69) is 20.8 Å². The lowest BCUT2D eigenvalue weighted by Gasteiger charge is -2.23. The zero-order chi connectivity index (χ0) is 14.0. The van der Waals surface area contributed by atoms with E-state index in [0.29, 0.717) is 5.56 Å². The van der Waals surface area contributed by atoms with E-state index >= 15 is 0 Å². The van der Waals surface area contributed by atoms with E-state index in [1.165, 1.54) is 5.56 Å². The summed E-state index contributed by atoms with van der Waals surface area (Å²) in [5.74, 6) is 0.125. The second-order valence-electron chi connectivity index (χ2n) is 5.25. The van der Waals surface area contributed by atoms with Crippen molar-refractivity contribution in [1.29, 1.82) is 0 Å². The first-order chi connectivity index (χ1) is 8.94. The van der Waals surface area contributed by atoms with Crippen molar-refractivity contribution in [2.24, 2.45) is 0 Å². The van der Waals surface area contributed by atoms with Crippen LogP contribution in [0.1, 0.15) is 48.9 Å². The predicted octanol–water partition coefficient (Wildman–Crippen LogP) is 4.85. The second-order valence-corrected chi connectivity index (χ2v) is 5.62. The standard InChI is InChI=1S/C16H17ClO2/c1-4-16(2,3)12-7-5-11(6-8-12)15(18)13-9-10-14(17)19-13/h5-10H,4H2,1-3H3. The average Bonchev–Trinajstić information content (AvgIpc) is 2.85. The van der Waals surface area contributed by atoms with E-state index in [-0.39, 0.29) is 22.2 Å². The van der Waals surface area contributed by atoms with Crippen molar-refractivity contribution in [3.8, 4) is 0 Å². The van der Waals surface area contributed by atoms with E-state index in [1.54, 1.807) is 12.1 Å². The second kappa shape index (κ2) is 5.22. The number of carbonyl (C=O) groups is 1. The Labute approximate surface area is 118 Å². The van der Waals surface area contributed by atoms with E-state index in [0.717, 1.165) is 6.42 Å². The topological polar surface area (TPSA) is 30.2 Å². The maximum atomic E-state index is 12.1. The fraction of sp³-hybridized carbons (Fsp3) is 0.312. The monoisotopic (exact) mass is 276 g/mol. The Morgan fingerprint density at radius 3 is 2.26 bits per heavy atom. The van der Waals surface area contributed by atoms with E-state index in [4.69, 9.17) is 16.0 Å². The molecule has 0 fully saturated rings. The summed E-state index contributed by atoms with van der Waals surface area (Å²) >= 11 is 5.68. The first kappa shape index (κ1) is 13.9. The molecule has 0 saturated carbocycles. The molecule has 2 aromatic rings. The first-order valence-electron chi connectivity index (χ1n) is 6.34. The fourth-order valence-corrected chi connectivity index (χ4v) is 2.00. The Kier molecular flexibility index (Phi) is 3.81. The molecule has 1 heterocycles. The molecule has 0 aliphatic heterocycles. The summed E-state index contributed by atoms with van der Waals surface area (Å²) in [6, 6.07) is 10.8. The minimum absolute atomic E-state index is 0.121. The van der Waals surface area contributed by atoms with Gasteiger partial charge >= 0.3 is 0 Å². The van der Waals surface area contributed by atoms with Gasteiger partial charge in [-0.15, -0.1) is 0 Å². The van der Waals surface area contributed by atoms with Crippen molar-refractivity contribution < 1.29 is 9.21 Å². The number of rotatable bonds is 4. The van der Waals surface area contributed by atoms with Crippen molar-refractivity contribution in [1.82, 2.24) is 0 Å². The van der Waals surface area contributed by atoms with Crippen molar-refractivity contribution >= 4 is 17.4 Å². The highest BCUT2D eigenvalue weighted by Crippen LogP contribution is 2.27. The number of halogens is 1. The van der Waals surface area contributed by atoms with E-state index < -0.39 is 0 Å². The third-order valence-electron chi connectivity index (χ3n) is 3.61. The molecule has 100 valence electrons. The first-order valence-corrected chi connectivity index (χ1v) is 6.72. The summed E-state index contributed by atoms with van der Waals surface area (Å²) in [5, 5.41) is 0.229. The molecule has 0 unspecified atom stereocenters. The van der Waals surface area contributed by atoms with Gasteiger partial charge in [-0.2, -0.15) is 0 Å². The van der Waals surface area contributed by atoms with Crippen LogP contribution in [0.4, 0.5) is 0 Å². The largest absolute Gasteiger partial charge is 0.441 e. The van der Waals surface area contributed by atoms with Gasteiger partial charge in [0.25, 0.3) is 0 Å². The molecule has 0 aliphatic carbocycles. The molecule has 2 nitrogen and oxygen atoms in total. The molecule has 2 rings (SSSR count). The van der Waals surface area contributed by atoms with Crippen LogP contribution in [-0.2, 0) is 5.41 Å². The Balaban J connectivity index is 2.26. The molecule has 0 atom stereocenters. The van der Waals surface area contributed by atoms with Gasteiger partial charge in [0.05, 0.1) is 0 Å². The summed E-state index contributed by atoms with van der Waals surface area (Å²) in [4.78, 5) is 12.1. The van der Waals surface area contributed by atoms with Gasteiger partial charge in [-0.25, -0.2) is 0 Å². The molecular weight excluding hydrogens is 260 g/mol. The third kappa shape index (κ3) is 2.90. The minimum atomic E-state index is -0.146. The maximum Gasteiger partial charge on any atom is 0.228 e. The molecule has 3 heteroatoms. The van der Waals surface area contributed by atoms with Crippen molar-refractivity contribution in [3.63, 3.8) is 0 Å². The quantitative estimate of drug-likeness (QED) is 0.747. The summed E-state index contributed by atoms with van der Waals surface area (Å²) in [6.07, 6.45) is 1.05. The average molecular weight is 277 g/mol. The zero-order valence-electron chi connectivity index (χ0n) is 11.4. The lowest BCUT2D eigenvalue weighted by atomic mass is 9.82. The fourth-order valence-electron chi connectivity index (χ4n) is 1.86. The van der Waals surface area contributed by atoms with Crippen LogP contribution >= 0.6 is 11.6 Å². The van der Waals surface area contributed by atoms with Gasteiger partial charge in [-0.05, 0) is 41.1 Å². The van der Waals surface area contributed by atoms with E-state index in [1.807, 2.05) is 24.3 Å². The molecule has 0 aliphatic rings. The lowest BCUT2D eigenvalue weighted by molar-refractivity contribution is 0.101. The molecule has 0 spiro atoms. The van der Waals surface area contributed by atoms with Crippen LogP contribution < -0.4 is 0 Å². The zero-order valence-corrected chi connectivity index (χ0v) is 12.1. The van der Waals surface area contributed by atoms with Crippen LogP contribution in [0.25, 0.3) is 0 Å². The highest BCUT2D eigenvalue weighted by atomic mass is 35.5. The van der Waals surface area contributed by atoms with Crippen LogP contribution in [0.3, 0.4) is 0 Å². The molecule has 0 radical (unpaired) electrons. The third-order valence-corrected chi connectivity index (χ3v) is 3.81. The SMILES string of the molecule is CCC(C)(C)c1ccc(C(=O)c2ccc(Cl)o2)cc1. The predicted molar refractivity (Wildman–Crippen MR) is 76.9 cm³/mol. The van der Waals surface area contributed by atoms with Gasteiger partial charge in [0.1, 0.15) is 0 Å². The van der Waals surface area contributed by atoms with Crippen LogP contribution in [0.2, 0.25) is 5.22 Å². The number of benzene rings is 1. The number of ketones is 1. The van der Waals surface area contributed by atoms with Gasteiger partial charge in [-0.1, -0.05) is 45.0 Å². The number of carbonyl (C=O) groups excluding carboxylic acids is 1. The van der Waals surface area contributed by atoms with Crippen molar-refractivity contribution in [2.45, 2.75) is 32.6 Å². The molecule has 0 saturated heterocycles. The molecule has 1 aromatic heterocycles. The maximum absolute atomic E-state index is 12.1. The Bertz CT molecular complexity index is 579. The molecular formula is C16H17ClO2. The smallest absolute Gasteiger partial charge is 0.228 e. The number of furan rings is 1. The van der Waals surface area contributed by atoms with Gasteiger partial charge in [0, 0.05) is 5.56 Å². The summed E-state index contributed by atoms with van der Waals surface area (Å²) in [7, 11) is 0. The summed E-state index contributed by atoms with van der Waals surface area (Å²) in [6.45, 7) is 6.54. The molecule has 19 heavy (non-hydrogen) atoms. The van der Waals surface area contributed by atoms with E-state index in [9.17, 15) is 4.79 Å². The van der Waals surface area contributed by atoms with Gasteiger partial charge < -0.3 is 4.42 Å². The number of hydrogen-bond donors (Lipinski definition) is 0. The highest BCUT2D eigenvalue weighted by Gasteiger charge is 2.19. The van der Waals surface area contributed by atoms with Crippen LogP contribution in [0.15, 0.2) is 40.8 Å². The Morgan fingerprint density at radius 1 is 1.16 bits per heavy atom. The highest BCUT2D eigenvalue weighted by molar-refractivity contribution is 6.29. The van der Waals surface area contributed by atoms with Crippen LogP contribution in [0, 0.1) is 0 Å². The summed E-state index contributed by atoms with van der Waals surface area (Å²) in [5.41, 5.74) is 1.96. The van der Waals surface area contributed by atoms with Gasteiger partial charge in [0.15, 0.2) is 11.0 Å². The van der Waals surface area contributed by atoms with Crippen molar-refractivity contribution in [2.75, 3.05) is 0 Å². The number of hydrogen-bond acceptors (Lipinski definition) is 2. The van der Waals surface area contributed by atoms with Crippen LogP contribution in [0.5, 0.6) is 0 Å². The lowest BCUT2D eigenvalue weighted by Crippen LogP contribution is -2.15. The molecule has 0 bridgehead atoms. The minimum Gasteiger partial charge on any atom is -0.441 e. The Hall–Kier alpha value is -1.54. The molecule has 0 amide bonds. The van der Waals surface area contributed by atoms with Crippen LogP contribution in [-0.4, -0.2) is 5.78 Å². The van der Waals surface area contributed by atoms with Gasteiger partial charge in [0.2, 0.25) is 5.78 Å². The Morgan fingerprint density at radius 2 is 1.79 bits per heavy atom. The van der Waals surface area contributed by atoms with Crippen molar-refractivity contribution in [3.05, 3.63) is 58.5 Å².